The summed E-state index contributed by atoms with van der Waals surface area (Å²) in [5.41, 5.74) is 2.89. The smallest absolute Gasteiger partial charge is 0.0502 e. The molecule has 0 spiro atoms. The molecule has 0 aliphatic carbocycles. The van der Waals surface area contributed by atoms with Crippen molar-refractivity contribution in [3.05, 3.63) is 29.8 Å². The van der Waals surface area contributed by atoms with Crippen molar-refractivity contribution >= 4 is 30.0 Å². The minimum Gasteiger partial charge on any atom is -0.316 e. The molecule has 3 heteroatoms. The first-order valence-corrected chi connectivity index (χ1v) is 4.99. The number of nitrogens with zero attached hydrogens (tertiary/aromatic N) is 1. The molecule has 1 aliphatic heterocycles. The van der Waals surface area contributed by atoms with Gasteiger partial charge in [-0.05, 0) is 18.1 Å². The van der Waals surface area contributed by atoms with Crippen molar-refractivity contribution in [2.75, 3.05) is 17.1 Å². The fourth-order valence-corrected chi connectivity index (χ4v) is 2.15. The molecule has 1 heterocycles. The molecule has 0 atom stereocenters. The summed E-state index contributed by atoms with van der Waals surface area (Å²) in [5, 5.41) is 0. The van der Waals surface area contributed by atoms with Crippen LogP contribution in [-0.4, -0.2) is 12.8 Å². The Hall–Kier alpha value is -0.340. The highest BCUT2D eigenvalue weighted by molar-refractivity contribution is 8.00. The summed E-state index contributed by atoms with van der Waals surface area (Å²) in [6.07, 6.45) is 3.33. The molecule has 12 heavy (non-hydrogen) atoms. The number of hydrogen-bond donors (Lipinski definition) is 0. The van der Waals surface area contributed by atoms with E-state index in [0.29, 0.717) is 0 Å². The average Bonchev–Trinajstić information content (AvgIpc) is 2.47. The Kier molecular flexibility index (Phi) is 3.29. The zero-order valence-corrected chi connectivity index (χ0v) is 8.62. The molecular formula is C9H12ClNS. The van der Waals surface area contributed by atoms with Gasteiger partial charge in [-0.15, -0.1) is 12.4 Å². The molecule has 0 aromatic heterocycles. The number of halogens is 1. The normalized spacial score (nSPS) is 13.9. The van der Waals surface area contributed by atoms with Crippen LogP contribution in [0, 0.1) is 0 Å². The van der Waals surface area contributed by atoms with E-state index in [9.17, 15) is 0 Å². The van der Waals surface area contributed by atoms with Gasteiger partial charge < -0.3 is 4.31 Å². The van der Waals surface area contributed by atoms with Gasteiger partial charge in [0, 0.05) is 12.8 Å². The minimum absolute atomic E-state index is 0. The lowest BCUT2D eigenvalue weighted by Gasteiger charge is -2.13. The summed E-state index contributed by atoms with van der Waals surface area (Å²) in [7, 11) is 0. The van der Waals surface area contributed by atoms with Gasteiger partial charge in [-0.2, -0.15) is 0 Å². The molecule has 0 saturated carbocycles. The molecule has 0 saturated heterocycles. The third kappa shape index (κ3) is 1.54. The molecule has 2 rings (SSSR count). The van der Waals surface area contributed by atoms with Crippen molar-refractivity contribution in [2.24, 2.45) is 0 Å². The molecule has 0 bridgehead atoms. The lowest BCUT2D eigenvalue weighted by molar-refractivity contribution is 1.06. The summed E-state index contributed by atoms with van der Waals surface area (Å²) >= 11 is 1.81. The van der Waals surface area contributed by atoms with E-state index in [1.807, 2.05) is 11.9 Å². The molecule has 0 N–H and O–H groups in total. The fraction of sp³-hybridized carbons (Fsp3) is 0.333. The number of para-hydroxylation sites is 1. The minimum atomic E-state index is 0. The Bertz CT molecular complexity index is 264. The Balaban J connectivity index is 0.000000720. The van der Waals surface area contributed by atoms with E-state index in [4.69, 9.17) is 0 Å². The summed E-state index contributed by atoms with van der Waals surface area (Å²) in [6.45, 7) is 1.17. The Morgan fingerprint density at radius 2 is 2.08 bits per heavy atom. The molecule has 1 aromatic rings. The number of fused-ring (bicyclic) bond motifs is 1. The van der Waals surface area contributed by atoms with Crippen LogP contribution in [0.15, 0.2) is 24.3 Å². The third-order valence-electron chi connectivity index (χ3n) is 2.06. The van der Waals surface area contributed by atoms with Gasteiger partial charge in [-0.3, -0.25) is 0 Å². The van der Waals surface area contributed by atoms with Gasteiger partial charge in [0.15, 0.2) is 0 Å². The van der Waals surface area contributed by atoms with Crippen LogP contribution in [0.4, 0.5) is 5.69 Å². The van der Waals surface area contributed by atoms with E-state index in [-0.39, 0.29) is 12.4 Å². The quantitative estimate of drug-likeness (QED) is 0.643. The lowest BCUT2D eigenvalue weighted by atomic mass is 10.2. The summed E-state index contributed by atoms with van der Waals surface area (Å²) < 4.78 is 2.34. The van der Waals surface area contributed by atoms with Crippen molar-refractivity contribution in [3.8, 4) is 0 Å². The average molecular weight is 202 g/mol. The third-order valence-corrected chi connectivity index (χ3v) is 2.88. The maximum absolute atomic E-state index is 2.34. The maximum atomic E-state index is 2.34. The topological polar surface area (TPSA) is 3.24 Å². The Labute approximate surface area is 83.7 Å². The molecule has 1 aromatic carbocycles. The summed E-state index contributed by atoms with van der Waals surface area (Å²) in [6, 6.07) is 8.63. The number of hydrogen-bond acceptors (Lipinski definition) is 2. The number of rotatable bonds is 1. The zero-order valence-electron chi connectivity index (χ0n) is 6.99. The predicted octanol–water partition coefficient (Wildman–Crippen LogP) is 2.75. The van der Waals surface area contributed by atoms with Crippen molar-refractivity contribution < 1.29 is 0 Å². The van der Waals surface area contributed by atoms with E-state index >= 15 is 0 Å². The molecule has 1 aliphatic rings. The highest BCUT2D eigenvalue weighted by Gasteiger charge is 2.16. The van der Waals surface area contributed by atoms with Gasteiger partial charge in [-0.1, -0.05) is 30.1 Å². The Morgan fingerprint density at radius 3 is 2.83 bits per heavy atom. The van der Waals surface area contributed by atoms with Crippen LogP contribution < -0.4 is 4.31 Å². The van der Waals surface area contributed by atoms with Crippen LogP contribution in [0.25, 0.3) is 0 Å². The standard InChI is InChI=1S/C9H11NS.ClH/c1-11-10-7-6-8-4-2-3-5-9(8)10;/h2-5H,6-7H2,1H3;1H. The molecule has 0 radical (unpaired) electrons. The maximum Gasteiger partial charge on any atom is 0.0502 e. The zero-order chi connectivity index (χ0) is 7.68. The summed E-state index contributed by atoms with van der Waals surface area (Å²) in [5.74, 6) is 0. The van der Waals surface area contributed by atoms with Gasteiger partial charge in [0.25, 0.3) is 0 Å². The highest BCUT2D eigenvalue weighted by Crippen LogP contribution is 2.31. The first-order valence-electron chi connectivity index (χ1n) is 3.81. The van der Waals surface area contributed by atoms with Crippen LogP contribution >= 0.6 is 24.4 Å². The van der Waals surface area contributed by atoms with Crippen molar-refractivity contribution in [1.82, 2.24) is 0 Å². The van der Waals surface area contributed by atoms with Crippen molar-refractivity contribution in [1.29, 1.82) is 0 Å². The van der Waals surface area contributed by atoms with E-state index in [1.165, 1.54) is 24.2 Å². The highest BCUT2D eigenvalue weighted by atomic mass is 35.5. The van der Waals surface area contributed by atoms with Gasteiger partial charge in [-0.25, -0.2) is 0 Å². The van der Waals surface area contributed by atoms with E-state index in [0.717, 1.165) is 0 Å². The fourth-order valence-electron chi connectivity index (χ4n) is 1.50. The first kappa shape index (κ1) is 9.75. The molecule has 0 unspecified atom stereocenters. The van der Waals surface area contributed by atoms with Crippen LogP contribution in [0.1, 0.15) is 5.56 Å². The second-order valence-corrected chi connectivity index (χ2v) is 3.47. The van der Waals surface area contributed by atoms with Gasteiger partial charge >= 0.3 is 0 Å². The predicted molar refractivity (Wildman–Crippen MR) is 58.3 cm³/mol. The van der Waals surface area contributed by atoms with E-state index < -0.39 is 0 Å². The SMILES string of the molecule is CSN1CCc2ccccc21.Cl. The van der Waals surface area contributed by atoms with Crippen molar-refractivity contribution in [2.45, 2.75) is 6.42 Å². The van der Waals surface area contributed by atoms with Gasteiger partial charge in [0.05, 0.1) is 5.69 Å². The monoisotopic (exact) mass is 201 g/mol. The molecule has 1 nitrogen and oxygen atoms in total. The molecular weight excluding hydrogens is 190 g/mol. The van der Waals surface area contributed by atoms with Crippen LogP contribution in [0.2, 0.25) is 0 Å². The van der Waals surface area contributed by atoms with Crippen molar-refractivity contribution in [3.63, 3.8) is 0 Å². The number of benzene rings is 1. The van der Waals surface area contributed by atoms with Gasteiger partial charge in [0.1, 0.15) is 0 Å². The summed E-state index contributed by atoms with van der Waals surface area (Å²) in [4.78, 5) is 0. The van der Waals surface area contributed by atoms with Crippen LogP contribution in [0.5, 0.6) is 0 Å². The number of anilines is 1. The largest absolute Gasteiger partial charge is 0.316 e. The molecule has 66 valence electrons. The second kappa shape index (κ2) is 4.06. The first-order chi connectivity index (χ1) is 5.42. The Morgan fingerprint density at radius 1 is 1.33 bits per heavy atom. The molecule has 0 amide bonds. The van der Waals surface area contributed by atoms with Crippen LogP contribution in [0.3, 0.4) is 0 Å². The van der Waals surface area contributed by atoms with E-state index in [1.54, 1.807) is 0 Å². The molecule has 0 fully saturated rings. The lowest BCUT2D eigenvalue weighted by Crippen LogP contribution is -2.08. The van der Waals surface area contributed by atoms with E-state index in [2.05, 4.69) is 34.8 Å². The van der Waals surface area contributed by atoms with Gasteiger partial charge in [0.2, 0.25) is 0 Å². The second-order valence-electron chi connectivity index (χ2n) is 2.66. The van der Waals surface area contributed by atoms with Crippen LogP contribution in [-0.2, 0) is 6.42 Å².